The third-order valence-electron chi connectivity index (χ3n) is 1.44. The largest absolute Gasteiger partial charge is 0.287 e. The molecular formula is C7H13N3O. The van der Waals surface area contributed by atoms with Crippen molar-refractivity contribution in [1.82, 2.24) is 15.0 Å². The molecule has 1 aromatic heterocycles. The first kappa shape index (κ1) is 8.04. The summed E-state index contributed by atoms with van der Waals surface area (Å²) in [6.45, 7) is 5.89. The van der Waals surface area contributed by atoms with Gasteiger partial charge in [-0.3, -0.25) is 4.79 Å². The number of aromatic nitrogens is 3. The molecule has 0 radical (unpaired) electrons. The first-order valence-corrected chi connectivity index (χ1v) is 3.55. The van der Waals surface area contributed by atoms with Crippen molar-refractivity contribution in [3.05, 3.63) is 16.0 Å². The lowest BCUT2D eigenvalue weighted by Gasteiger charge is -2.11. The average molecular weight is 155 g/mol. The number of hydrogen-bond acceptors (Lipinski definition) is 2. The number of nitrogens with zero attached hydrogens (tertiary/aromatic N) is 2. The van der Waals surface area contributed by atoms with Crippen LogP contribution in [0.4, 0.5) is 0 Å². The number of H-pyrrole nitrogens is 1. The van der Waals surface area contributed by atoms with E-state index in [2.05, 4.69) is 10.2 Å². The molecule has 0 aliphatic carbocycles. The Kier molecular flexibility index (Phi) is 1.62. The number of rotatable bonds is 0. The molecule has 0 saturated carbocycles. The van der Waals surface area contributed by atoms with Crippen LogP contribution in [0.1, 0.15) is 26.5 Å². The lowest BCUT2D eigenvalue weighted by molar-refractivity contribution is 0.545. The Morgan fingerprint density at radius 3 is 2.18 bits per heavy atom. The van der Waals surface area contributed by atoms with E-state index in [1.165, 1.54) is 4.80 Å². The third-order valence-corrected chi connectivity index (χ3v) is 1.44. The van der Waals surface area contributed by atoms with Gasteiger partial charge in [-0.15, -0.1) is 0 Å². The van der Waals surface area contributed by atoms with Crippen molar-refractivity contribution in [2.24, 2.45) is 7.05 Å². The van der Waals surface area contributed by atoms with Crippen LogP contribution in [0.2, 0.25) is 0 Å². The van der Waals surface area contributed by atoms with Crippen molar-refractivity contribution in [1.29, 1.82) is 0 Å². The lowest BCUT2D eigenvalue weighted by Crippen LogP contribution is -2.21. The van der Waals surface area contributed by atoms with Gasteiger partial charge in [0.1, 0.15) is 5.69 Å². The van der Waals surface area contributed by atoms with Crippen LogP contribution in [-0.2, 0) is 12.5 Å². The first-order valence-electron chi connectivity index (χ1n) is 3.55. The molecule has 0 amide bonds. The molecule has 0 unspecified atom stereocenters. The molecule has 0 fully saturated rings. The van der Waals surface area contributed by atoms with E-state index in [0.29, 0.717) is 5.69 Å². The normalized spacial score (nSPS) is 12.0. The SMILES string of the molecule is Cn1nc(C(C)(C)C)c(=O)[nH]1. The molecule has 1 N–H and O–H groups in total. The van der Waals surface area contributed by atoms with E-state index in [-0.39, 0.29) is 11.0 Å². The quantitative estimate of drug-likeness (QED) is 0.589. The van der Waals surface area contributed by atoms with E-state index < -0.39 is 0 Å². The number of aryl methyl sites for hydroxylation is 1. The van der Waals surface area contributed by atoms with Gasteiger partial charge in [-0.1, -0.05) is 20.8 Å². The fraction of sp³-hybridized carbons (Fsp3) is 0.714. The van der Waals surface area contributed by atoms with E-state index >= 15 is 0 Å². The molecule has 0 aliphatic rings. The van der Waals surface area contributed by atoms with Gasteiger partial charge in [0.2, 0.25) is 0 Å². The first-order chi connectivity index (χ1) is 4.91. The highest BCUT2D eigenvalue weighted by Crippen LogP contribution is 2.14. The van der Waals surface area contributed by atoms with Crippen molar-refractivity contribution in [2.45, 2.75) is 26.2 Å². The van der Waals surface area contributed by atoms with Crippen LogP contribution in [0, 0.1) is 0 Å². The molecule has 1 heterocycles. The number of aromatic amines is 1. The lowest BCUT2D eigenvalue weighted by atomic mass is 9.93. The van der Waals surface area contributed by atoms with Gasteiger partial charge in [0, 0.05) is 12.5 Å². The monoisotopic (exact) mass is 155 g/mol. The Morgan fingerprint density at radius 2 is 2.00 bits per heavy atom. The molecule has 4 nitrogen and oxygen atoms in total. The zero-order valence-electron chi connectivity index (χ0n) is 7.30. The molecule has 0 saturated heterocycles. The molecule has 1 rings (SSSR count). The van der Waals surface area contributed by atoms with Gasteiger partial charge in [-0.25, -0.2) is 9.90 Å². The van der Waals surface area contributed by atoms with E-state index in [4.69, 9.17) is 0 Å². The van der Waals surface area contributed by atoms with Gasteiger partial charge >= 0.3 is 0 Å². The predicted octanol–water partition coefficient (Wildman–Crippen LogP) is 0.406. The summed E-state index contributed by atoms with van der Waals surface area (Å²) >= 11 is 0. The van der Waals surface area contributed by atoms with Gasteiger partial charge in [0.05, 0.1) is 0 Å². The summed E-state index contributed by atoms with van der Waals surface area (Å²) in [5.74, 6) is 0. The summed E-state index contributed by atoms with van der Waals surface area (Å²) in [5, 5.41) is 6.59. The van der Waals surface area contributed by atoms with Crippen molar-refractivity contribution in [3.63, 3.8) is 0 Å². The van der Waals surface area contributed by atoms with Crippen LogP contribution in [0.3, 0.4) is 0 Å². The molecule has 0 spiro atoms. The van der Waals surface area contributed by atoms with Gasteiger partial charge in [0.25, 0.3) is 5.56 Å². The van der Waals surface area contributed by atoms with Crippen LogP contribution in [-0.4, -0.2) is 15.0 Å². The molecule has 11 heavy (non-hydrogen) atoms. The van der Waals surface area contributed by atoms with Crippen molar-refractivity contribution in [3.8, 4) is 0 Å². The molecule has 4 heteroatoms. The topological polar surface area (TPSA) is 50.7 Å². The van der Waals surface area contributed by atoms with E-state index in [9.17, 15) is 4.79 Å². The minimum atomic E-state index is -0.172. The zero-order valence-corrected chi connectivity index (χ0v) is 7.30. The summed E-state index contributed by atoms with van der Waals surface area (Å²) in [4.78, 5) is 12.6. The highest BCUT2D eigenvalue weighted by molar-refractivity contribution is 5.06. The predicted molar refractivity (Wildman–Crippen MR) is 42.5 cm³/mol. The summed E-state index contributed by atoms with van der Waals surface area (Å²) in [7, 11) is 1.70. The third kappa shape index (κ3) is 1.50. The highest BCUT2D eigenvalue weighted by atomic mass is 16.1. The van der Waals surface area contributed by atoms with Crippen LogP contribution in [0.25, 0.3) is 0 Å². The maximum Gasteiger partial charge on any atom is 0.287 e. The Labute approximate surface area is 65.2 Å². The van der Waals surface area contributed by atoms with Crippen molar-refractivity contribution < 1.29 is 0 Å². The summed E-state index contributed by atoms with van der Waals surface area (Å²) in [5.41, 5.74) is 0.314. The average Bonchev–Trinajstić information content (AvgIpc) is 2.08. The van der Waals surface area contributed by atoms with E-state index in [1.54, 1.807) is 7.05 Å². The van der Waals surface area contributed by atoms with E-state index in [1.807, 2.05) is 20.8 Å². The number of nitrogens with one attached hydrogen (secondary N) is 1. The second-order valence-electron chi connectivity index (χ2n) is 3.66. The minimum absolute atomic E-state index is 0.0972. The standard InChI is InChI=1S/C7H13N3O/c1-7(2,3)5-6(11)9-10(4)8-5/h1-4H3,(H,9,11). The Balaban J connectivity index is 3.25. The molecule has 1 aromatic rings. The molecule has 0 bridgehead atoms. The fourth-order valence-corrected chi connectivity index (χ4v) is 0.911. The summed E-state index contributed by atoms with van der Waals surface area (Å²) in [6.07, 6.45) is 0. The van der Waals surface area contributed by atoms with Gasteiger partial charge < -0.3 is 0 Å². The maximum absolute atomic E-state index is 11.1. The molecule has 62 valence electrons. The maximum atomic E-state index is 11.1. The summed E-state index contributed by atoms with van der Waals surface area (Å²) < 4.78 is 0. The Bertz CT molecular complexity index is 302. The van der Waals surface area contributed by atoms with Crippen LogP contribution in [0.5, 0.6) is 0 Å². The molecule has 0 aromatic carbocycles. The second kappa shape index (κ2) is 2.22. The van der Waals surface area contributed by atoms with Gasteiger partial charge in [-0.05, 0) is 0 Å². The van der Waals surface area contributed by atoms with Gasteiger partial charge in [-0.2, -0.15) is 5.10 Å². The molecular weight excluding hydrogens is 142 g/mol. The Morgan fingerprint density at radius 1 is 1.45 bits per heavy atom. The highest BCUT2D eigenvalue weighted by Gasteiger charge is 2.20. The fourth-order valence-electron chi connectivity index (χ4n) is 0.911. The van der Waals surface area contributed by atoms with Crippen LogP contribution < -0.4 is 5.56 Å². The minimum Gasteiger partial charge on any atom is -0.266 e. The van der Waals surface area contributed by atoms with Gasteiger partial charge in [0.15, 0.2) is 0 Å². The Hall–Kier alpha value is -1.06. The van der Waals surface area contributed by atoms with Crippen molar-refractivity contribution in [2.75, 3.05) is 0 Å². The second-order valence-corrected chi connectivity index (χ2v) is 3.66. The van der Waals surface area contributed by atoms with Crippen molar-refractivity contribution >= 4 is 0 Å². The molecule has 0 atom stereocenters. The van der Waals surface area contributed by atoms with Crippen LogP contribution in [0.15, 0.2) is 4.79 Å². The number of hydrogen-bond donors (Lipinski definition) is 1. The molecule has 0 aliphatic heterocycles. The van der Waals surface area contributed by atoms with Crippen LogP contribution >= 0.6 is 0 Å². The summed E-state index contributed by atoms with van der Waals surface area (Å²) in [6, 6.07) is 0. The zero-order chi connectivity index (χ0) is 8.65. The smallest absolute Gasteiger partial charge is 0.266 e. The van der Waals surface area contributed by atoms with E-state index in [0.717, 1.165) is 0 Å².